The first-order valence-electron chi connectivity index (χ1n) is 14.6. The van der Waals surface area contributed by atoms with Gasteiger partial charge in [-0.05, 0) is 63.4 Å². The van der Waals surface area contributed by atoms with E-state index in [2.05, 4.69) is 144 Å². The van der Waals surface area contributed by atoms with Crippen molar-refractivity contribution >= 4 is 54.4 Å². The Hall–Kier alpha value is -5.80. The number of fused-ring (bicyclic) bond motifs is 9. The largest absolute Gasteiger partial charge is 0.309 e. The normalized spacial score (nSPS) is 11.7. The fourth-order valence-corrected chi connectivity index (χ4v) is 6.78. The van der Waals surface area contributed by atoms with Crippen molar-refractivity contribution in [1.82, 2.24) is 14.5 Å². The Balaban J connectivity index is 1.29. The van der Waals surface area contributed by atoms with Gasteiger partial charge in [0.1, 0.15) is 0 Å². The first-order chi connectivity index (χ1) is 21.3. The van der Waals surface area contributed by atoms with Crippen molar-refractivity contribution in [3.05, 3.63) is 152 Å². The maximum Gasteiger partial charge on any atom is 0.0971 e. The number of hydrogen-bond donors (Lipinski definition) is 0. The van der Waals surface area contributed by atoms with Gasteiger partial charge in [-0.1, -0.05) is 109 Å². The summed E-state index contributed by atoms with van der Waals surface area (Å²) in [6, 6.07) is 50.2. The third-order valence-corrected chi connectivity index (χ3v) is 8.68. The Kier molecular flexibility index (Phi) is 5.20. The van der Waals surface area contributed by atoms with Gasteiger partial charge in [-0.3, -0.25) is 9.97 Å². The van der Waals surface area contributed by atoms with E-state index in [1.807, 2.05) is 0 Å². The van der Waals surface area contributed by atoms with Crippen molar-refractivity contribution in [3.8, 4) is 27.9 Å². The van der Waals surface area contributed by atoms with E-state index in [-0.39, 0.29) is 0 Å². The quantitative estimate of drug-likeness (QED) is 0.206. The van der Waals surface area contributed by atoms with Crippen LogP contribution in [0, 0.1) is 0 Å². The van der Waals surface area contributed by atoms with Gasteiger partial charge in [0.15, 0.2) is 0 Å². The lowest BCUT2D eigenvalue weighted by Gasteiger charge is -2.14. The van der Waals surface area contributed by atoms with Crippen LogP contribution in [0.5, 0.6) is 0 Å². The molecule has 0 spiro atoms. The number of hydrogen-bond acceptors (Lipinski definition) is 2. The third kappa shape index (κ3) is 3.62. The number of para-hydroxylation sites is 2. The maximum atomic E-state index is 4.74. The van der Waals surface area contributed by atoms with Gasteiger partial charge in [0.2, 0.25) is 0 Å². The van der Waals surface area contributed by atoms with Crippen LogP contribution in [0.4, 0.5) is 0 Å². The Morgan fingerprint density at radius 3 is 1.65 bits per heavy atom. The van der Waals surface area contributed by atoms with Gasteiger partial charge < -0.3 is 4.57 Å². The highest BCUT2D eigenvalue weighted by molar-refractivity contribution is 6.23. The van der Waals surface area contributed by atoms with Crippen LogP contribution in [0.2, 0.25) is 0 Å². The first-order valence-corrected chi connectivity index (χ1v) is 14.6. The van der Waals surface area contributed by atoms with Gasteiger partial charge in [-0.15, -0.1) is 0 Å². The zero-order valence-electron chi connectivity index (χ0n) is 23.3. The highest BCUT2D eigenvalue weighted by Crippen LogP contribution is 2.40. The number of rotatable bonds is 3. The second-order valence-electron chi connectivity index (χ2n) is 11.0. The van der Waals surface area contributed by atoms with Crippen LogP contribution >= 0.6 is 0 Å². The van der Waals surface area contributed by atoms with Crippen molar-refractivity contribution in [2.24, 2.45) is 0 Å². The van der Waals surface area contributed by atoms with E-state index in [0.717, 1.165) is 27.5 Å². The molecule has 9 rings (SSSR count). The lowest BCUT2D eigenvalue weighted by atomic mass is 9.91. The van der Waals surface area contributed by atoms with Crippen molar-refractivity contribution < 1.29 is 0 Å². The van der Waals surface area contributed by atoms with E-state index in [4.69, 9.17) is 9.97 Å². The van der Waals surface area contributed by atoms with Gasteiger partial charge >= 0.3 is 0 Å². The lowest BCUT2D eigenvalue weighted by molar-refractivity contribution is 1.18. The van der Waals surface area contributed by atoms with Crippen LogP contribution in [-0.2, 0) is 0 Å². The average Bonchev–Trinajstić information content (AvgIpc) is 3.42. The second-order valence-corrected chi connectivity index (χ2v) is 11.0. The summed E-state index contributed by atoms with van der Waals surface area (Å²) in [5.74, 6) is 0. The molecule has 0 aliphatic rings. The number of benzene rings is 7. The molecule has 3 nitrogen and oxygen atoms in total. The number of aromatic nitrogens is 3. The molecule has 0 saturated heterocycles. The SMILES string of the molecule is c1ccc(-n2c3ccccc3c3ccc(-c4ccccc4-c4ccc5c(c4)c4ccccc4c4nccnc54)cc32)cc1. The van der Waals surface area contributed by atoms with Crippen molar-refractivity contribution in [1.29, 1.82) is 0 Å². The summed E-state index contributed by atoms with van der Waals surface area (Å²) in [5, 5.41) is 7.15. The Morgan fingerprint density at radius 1 is 0.372 bits per heavy atom. The summed E-state index contributed by atoms with van der Waals surface area (Å²) in [4.78, 5) is 9.44. The predicted molar refractivity (Wildman–Crippen MR) is 180 cm³/mol. The topological polar surface area (TPSA) is 30.7 Å². The van der Waals surface area contributed by atoms with Crippen LogP contribution in [0.15, 0.2) is 152 Å². The van der Waals surface area contributed by atoms with Crippen molar-refractivity contribution in [3.63, 3.8) is 0 Å². The molecule has 0 aliphatic carbocycles. The zero-order chi connectivity index (χ0) is 28.3. The van der Waals surface area contributed by atoms with Gasteiger partial charge in [0.25, 0.3) is 0 Å². The standard InChI is InChI=1S/C40H25N3/c1-2-10-28(11-3-1)43-37-17-9-8-15-32(37)33-20-18-27(25-38(33)43)30-13-5-4-12-29(30)26-19-21-35-36(24-26)31-14-6-7-16-34(31)39-40(35)42-23-22-41-39/h1-25H. The van der Waals surface area contributed by atoms with E-state index in [1.165, 1.54) is 54.8 Å². The highest BCUT2D eigenvalue weighted by atomic mass is 15.0. The molecule has 2 heterocycles. The van der Waals surface area contributed by atoms with Crippen molar-refractivity contribution in [2.75, 3.05) is 0 Å². The minimum absolute atomic E-state index is 0.940. The predicted octanol–water partition coefficient (Wildman–Crippen LogP) is 10.4. The van der Waals surface area contributed by atoms with Crippen molar-refractivity contribution in [2.45, 2.75) is 0 Å². The monoisotopic (exact) mass is 547 g/mol. The number of nitrogens with zero attached hydrogens (tertiary/aromatic N) is 3. The van der Waals surface area contributed by atoms with Gasteiger partial charge in [-0.25, -0.2) is 0 Å². The van der Waals surface area contributed by atoms with E-state index in [9.17, 15) is 0 Å². The highest BCUT2D eigenvalue weighted by Gasteiger charge is 2.16. The third-order valence-electron chi connectivity index (χ3n) is 8.68. The summed E-state index contributed by atoms with van der Waals surface area (Å²) in [7, 11) is 0. The molecule has 2 aromatic heterocycles. The van der Waals surface area contributed by atoms with Crippen LogP contribution < -0.4 is 0 Å². The molecule has 9 aromatic rings. The first kappa shape index (κ1) is 23.9. The molecule has 0 atom stereocenters. The zero-order valence-corrected chi connectivity index (χ0v) is 23.3. The summed E-state index contributed by atoms with van der Waals surface area (Å²) in [6.45, 7) is 0. The van der Waals surface area contributed by atoms with Gasteiger partial charge in [0.05, 0.1) is 22.1 Å². The molecule has 0 saturated carbocycles. The van der Waals surface area contributed by atoms with E-state index in [1.54, 1.807) is 12.4 Å². The molecular formula is C40H25N3. The fourth-order valence-electron chi connectivity index (χ4n) is 6.78. The molecule has 0 N–H and O–H groups in total. The second kappa shape index (κ2) is 9.37. The fraction of sp³-hybridized carbons (Fsp3) is 0. The van der Waals surface area contributed by atoms with Gasteiger partial charge in [0, 0.05) is 39.6 Å². The Morgan fingerprint density at radius 2 is 0.907 bits per heavy atom. The minimum Gasteiger partial charge on any atom is -0.309 e. The van der Waals surface area contributed by atoms with E-state index in [0.29, 0.717) is 0 Å². The van der Waals surface area contributed by atoms with Crippen LogP contribution in [0.25, 0.3) is 82.3 Å². The molecule has 0 amide bonds. The molecule has 0 radical (unpaired) electrons. The van der Waals surface area contributed by atoms with Crippen LogP contribution in [0.1, 0.15) is 0 Å². The summed E-state index contributed by atoms with van der Waals surface area (Å²) < 4.78 is 2.38. The minimum atomic E-state index is 0.940. The molecule has 0 fully saturated rings. The van der Waals surface area contributed by atoms with Crippen LogP contribution in [-0.4, -0.2) is 14.5 Å². The van der Waals surface area contributed by atoms with E-state index < -0.39 is 0 Å². The summed E-state index contributed by atoms with van der Waals surface area (Å²) in [6.07, 6.45) is 3.56. The lowest BCUT2D eigenvalue weighted by Crippen LogP contribution is -1.93. The summed E-state index contributed by atoms with van der Waals surface area (Å²) in [5.41, 5.74) is 10.2. The molecule has 0 aliphatic heterocycles. The van der Waals surface area contributed by atoms with Gasteiger partial charge in [-0.2, -0.15) is 0 Å². The molecule has 43 heavy (non-hydrogen) atoms. The molecule has 3 heteroatoms. The Bertz CT molecular complexity index is 2470. The molecule has 0 bridgehead atoms. The summed E-state index contributed by atoms with van der Waals surface area (Å²) >= 11 is 0. The molecule has 7 aromatic carbocycles. The maximum absolute atomic E-state index is 4.74. The molecular weight excluding hydrogens is 522 g/mol. The Labute approximate surface area is 248 Å². The smallest absolute Gasteiger partial charge is 0.0971 e. The molecule has 200 valence electrons. The molecule has 0 unspecified atom stereocenters. The van der Waals surface area contributed by atoms with Crippen LogP contribution in [0.3, 0.4) is 0 Å². The average molecular weight is 548 g/mol. The van der Waals surface area contributed by atoms with E-state index >= 15 is 0 Å².